The Morgan fingerprint density at radius 3 is 2.32 bits per heavy atom. The first-order chi connectivity index (χ1) is 13.4. The number of carbonyl (C=O) groups excluding carboxylic acids is 1. The second kappa shape index (κ2) is 8.41. The largest absolute Gasteiger partial charge is 0.465 e. The molecule has 146 valence electrons. The SMILES string of the molecule is CC(=O)OCC(c1ccccc1)c1ccn(S(=O)(=O)c2ccc(CN)cc2)c1. The average molecular weight is 398 g/mol. The Hall–Kier alpha value is -2.90. The summed E-state index contributed by atoms with van der Waals surface area (Å²) < 4.78 is 32.2. The smallest absolute Gasteiger partial charge is 0.302 e. The van der Waals surface area contributed by atoms with E-state index in [1.807, 2.05) is 30.3 Å². The van der Waals surface area contributed by atoms with Crippen molar-refractivity contribution in [3.05, 3.63) is 89.7 Å². The fourth-order valence-electron chi connectivity index (χ4n) is 2.94. The van der Waals surface area contributed by atoms with Gasteiger partial charge < -0.3 is 10.5 Å². The third kappa shape index (κ3) is 4.32. The van der Waals surface area contributed by atoms with E-state index >= 15 is 0 Å². The monoisotopic (exact) mass is 398 g/mol. The van der Waals surface area contributed by atoms with Gasteiger partial charge in [-0.25, -0.2) is 12.4 Å². The van der Waals surface area contributed by atoms with Crippen molar-refractivity contribution >= 4 is 16.0 Å². The Bertz CT molecular complexity index is 1040. The fourth-order valence-corrected chi connectivity index (χ4v) is 4.14. The molecule has 7 heteroatoms. The van der Waals surface area contributed by atoms with Gasteiger partial charge in [-0.3, -0.25) is 4.79 Å². The van der Waals surface area contributed by atoms with E-state index < -0.39 is 10.0 Å². The first-order valence-corrected chi connectivity index (χ1v) is 10.3. The predicted molar refractivity (Wildman–Crippen MR) is 106 cm³/mol. The molecule has 1 unspecified atom stereocenters. The molecule has 3 rings (SSSR count). The van der Waals surface area contributed by atoms with E-state index in [0.717, 1.165) is 16.7 Å². The number of ether oxygens (including phenoxy) is 1. The molecule has 0 radical (unpaired) electrons. The molecule has 1 atom stereocenters. The number of hydrogen-bond donors (Lipinski definition) is 1. The number of benzene rings is 2. The molecule has 2 aromatic carbocycles. The molecule has 28 heavy (non-hydrogen) atoms. The summed E-state index contributed by atoms with van der Waals surface area (Å²) >= 11 is 0. The van der Waals surface area contributed by atoms with Gasteiger partial charge in [0.05, 0.1) is 4.90 Å². The standard InChI is InChI=1S/C21H22N2O4S/c1-16(24)27-15-21(18-5-3-2-4-6-18)19-11-12-23(14-19)28(25,26)20-9-7-17(13-22)8-10-20/h2-12,14,21H,13,15,22H2,1H3. The molecule has 0 saturated heterocycles. The van der Waals surface area contributed by atoms with E-state index in [-0.39, 0.29) is 23.4 Å². The lowest BCUT2D eigenvalue weighted by atomic mass is 9.94. The first-order valence-electron chi connectivity index (χ1n) is 8.82. The van der Waals surface area contributed by atoms with Crippen LogP contribution in [0.1, 0.15) is 29.5 Å². The molecule has 0 saturated carbocycles. The first kappa shape index (κ1) is 19.9. The summed E-state index contributed by atoms with van der Waals surface area (Å²) in [6.07, 6.45) is 3.07. The molecular weight excluding hydrogens is 376 g/mol. The summed E-state index contributed by atoms with van der Waals surface area (Å²) in [5, 5.41) is 0. The topological polar surface area (TPSA) is 91.4 Å². The van der Waals surface area contributed by atoms with E-state index in [1.54, 1.807) is 36.5 Å². The Morgan fingerprint density at radius 1 is 1.04 bits per heavy atom. The summed E-state index contributed by atoms with van der Waals surface area (Å²) in [5.74, 6) is -0.644. The number of carbonyl (C=O) groups is 1. The lowest BCUT2D eigenvalue weighted by Gasteiger charge is -2.16. The van der Waals surface area contributed by atoms with Crippen LogP contribution in [0, 0.1) is 0 Å². The zero-order valence-corrected chi connectivity index (χ0v) is 16.3. The quantitative estimate of drug-likeness (QED) is 0.618. The van der Waals surface area contributed by atoms with Crippen LogP contribution in [0.15, 0.2) is 78.0 Å². The number of rotatable bonds is 7. The van der Waals surface area contributed by atoms with Gasteiger partial charge in [0.2, 0.25) is 0 Å². The molecule has 0 bridgehead atoms. The normalized spacial score (nSPS) is 12.5. The van der Waals surface area contributed by atoms with Crippen LogP contribution in [0.3, 0.4) is 0 Å². The van der Waals surface area contributed by atoms with Crippen LogP contribution >= 0.6 is 0 Å². The second-order valence-corrected chi connectivity index (χ2v) is 8.24. The van der Waals surface area contributed by atoms with Crippen LogP contribution in [0.2, 0.25) is 0 Å². The minimum absolute atomic E-state index is 0.134. The van der Waals surface area contributed by atoms with Gasteiger partial charge >= 0.3 is 5.97 Å². The minimum atomic E-state index is -3.72. The van der Waals surface area contributed by atoms with Crippen LogP contribution in [0.5, 0.6) is 0 Å². The number of hydrogen-bond acceptors (Lipinski definition) is 5. The average Bonchev–Trinajstić information content (AvgIpc) is 3.19. The third-order valence-corrected chi connectivity index (χ3v) is 6.13. The summed E-state index contributed by atoms with van der Waals surface area (Å²) in [7, 11) is -3.72. The molecule has 0 aliphatic heterocycles. The minimum Gasteiger partial charge on any atom is -0.465 e. The van der Waals surface area contributed by atoms with Gasteiger partial charge in [0.25, 0.3) is 10.0 Å². The second-order valence-electron chi connectivity index (χ2n) is 6.39. The van der Waals surface area contributed by atoms with Gasteiger partial charge in [-0.15, -0.1) is 0 Å². The van der Waals surface area contributed by atoms with Gasteiger partial charge in [-0.1, -0.05) is 42.5 Å². The number of nitrogens with zero attached hydrogens (tertiary/aromatic N) is 1. The molecule has 3 aromatic rings. The van der Waals surface area contributed by atoms with Crippen LogP contribution in [-0.2, 0) is 26.1 Å². The highest BCUT2D eigenvalue weighted by molar-refractivity contribution is 7.90. The van der Waals surface area contributed by atoms with Gasteiger partial charge in [0, 0.05) is 31.8 Å². The zero-order valence-electron chi connectivity index (χ0n) is 15.5. The summed E-state index contributed by atoms with van der Waals surface area (Å²) in [5.41, 5.74) is 8.11. The van der Waals surface area contributed by atoms with Gasteiger partial charge in [-0.2, -0.15) is 0 Å². The molecule has 0 fully saturated rings. The summed E-state index contributed by atoms with van der Waals surface area (Å²) in [4.78, 5) is 11.5. The Kier molecular flexibility index (Phi) is 5.96. The van der Waals surface area contributed by atoms with Crippen molar-refractivity contribution in [2.24, 2.45) is 5.73 Å². The van der Waals surface area contributed by atoms with E-state index in [2.05, 4.69) is 0 Å². The number of esters is 1. The Balaban J connectivity index is 1.94. The molecule has 0 amide bonds. The Morgan fingerprint density at radius 2 is 1.71 bits per heavy atom. The predicted octanol–water partition coefficient (Wildman–Crippen LogP) is 2.88. The van der Waals surface area contributed by atoms with Crippen molar-refractivity contribution in [2.45, 2.75) is 24.3 Å². The molecule has 1 heterocycles. The molecule has 0 aliphatic rings. The lowest BCUT2D eigenvalue weighted by Crippen LogP contribution is -2.13. The van der Waals surface area contributed by atoms with Crippen molar-refractivity contribution in [1.29, 1.82) is 0 Å². The molecular formula is C21H22N2O4S. The van der Waals surface area contributed by atoms with Crippen molar-refractivity contribution in [3.8, 4) is 0 Å². The van der Waals surface area contributed by atoms with Crippen molar-refractivity contribution in [1.82, 2.24) is 3.97 Å². The van der Waals surface area contributed by atoms with Crippen molar-refractivity contribution in [2.75, 3.05) is 6.61 Å². The highest BCUT2D eigenvalue weighted by atomic mass is 32.2. The molecule has 0 aliphatic carbocycles. The molecule has 0 spiro atoms. The van der Waals surface area contributed by atoms with Crippen LogP contribution in [0.4, 0.5) is 0 Å². The van der Waals surface area contributed by atoms with Gasteiger partial charge in [0.15, 0.2) is 0 Å². The highest BCUT2D eigenvalue weighted by Gasteiger charge is 2.21. The highest BCUT2D eigenvalue weighted by Crippen LogP contribution is 2.27. The maximum atomic E-state index is 12.9. The lowest BCUT2D eigenvalue weighted by molar-refractivity contribution is -0.141. The fraction of sp³-hybridized carbons (Fsp3) is 0.190. The molecule has 1 aromatic heterocycles. The maximum Gasteiger partial charge on any atom is 0.302 e. The van der Waals surface area contributed by atoms with Crippen LogP contribution in [-0.4, -0.2) is 25.0 Å². The third-order valence-electron chi connectivity index (χ3n) is 4.48. The van der Waals surface area contributed by atoms with Gasteiger partial charge in [0.1, 0.15) is 6.61 Å². The maximum absolute atomic E-state index is 12.9. The Labute approximate surface area is 164 Å². The van der Waals surface area contributed by atoms with E-state index in [4.69, 9.17) is 10.5 Å². The van der Waals surface area contributed by atoms with Crippen molar-refractivity contribution in [3.63, 3.8) is 0 Å². The van der Waals surface area contributed by atoms with Crippen LogP contribution < -0.4 is 5.73 Å². The van der Waals surface area contributed by atoms with E-state index in [1.165, 1.54) is 17.1 Å². The van der Waals surface area contributed by atoms with E-state index in [9.17, 15) is 13.2 Å². The zero-order chi connectivity index (χ0) is 20.1. The summed E-state index contributed by atoms with van der Waals surface area (Å²) in [6, 6.07) is 17.7. The molecule has 6 nitrogen and oxygen atoms in total. The number of nitrogens with two attached hydrogens (primary N) is 1. The number of aromatic nitrogens is 1. The van der Waals surface area contributed by atoms with Crippen LogP contribution in [0.25, 0.3) is 0 Å². The van der Waals surface area contributed by atoms with Crippen molar-refractivity contribution < 1.29 is 17.9 Å². The van der Waals surface area contributed by atoms with E-state index in [0.29, 0.717) is 6.54 Å². The summed E-state index contributed by atoms with van der Waals surface area (Å²) in [6.45, 7) is 1.83. The van der Waals surface area contributed by atoms with Gasteiger partial charge in [-0.05, 0) is 34.9 Å². The molecule has 2 N–H and O–H groups in total.